The minimum atomic E-state index is -0.534. The molecule has 3 fully saturated rings. The second-order valence-electron chi connectivity index (χ2n) is 9.99. The predicted octanol–water partition coefficient (Wildman–Crippen LogP) is 2.13. The molecule has 1 aromatic heterocycles. The third-order valence-corrected chi connectivity index (χ3v) is 7.92. The average Bonchev–Trinajstić information content (AvgIpc) is 3.62. The number of aliphatic imine (C=N–C) groups is 1. The number of H-pyrrole nitrogens is 1. The number of benzene rings is 1. The number of aromatic nitrogens is 1. The number of carbonyl (C=O) groups excluding carboxylic acids is 3. The summed E-state index contributed by atoms with van der Waals surface area (Å²) in [5.41, 5.74) is 1.27. The van der Waals surface area contributed by atoms with Gasteiger partial charge in [-0.15, -0.1) is 0 Å². The number of fused-ring (bicyclic) bond motifs is 2. The number of nitrogens with zero attached hydrogens (tertiary/aromatic N) is 2. The first-order chi connectivity index (χ1) is 17.0. The van der Waals surface area contributed by atoms with Gasteiger partial charge in [-0.3, -0.25) is 19.4 Å². The number of rotatable bonds is 8. The zero-order valence-electron chi connectivity index (χ0n) is 20.1. The zero-order chi connectivity index (χ0) is 24.5. The van der Waals surface area contributed by atoms with E-state index in [2.05, 4.69) is 27.3 Å². The Morgan fingerprint density at radius 2 is 2.17 bits per heavy atom. The minimum absolute atomic E-state index is 0.0241. The van der Waals surface area contributed by atoms with E-state index in [0.717, 1.165) is 36.6 Å². The number of nitrogens with one attached hydrogen (secondary N) is 3. The molecule has 3 amide bonds. The summed E-state index contributed by atoms with van der Waals surface area (Å²) >= 11 is 0. The van der Waals surface area contributed by atoms with Crippen LogP contribution < -0.4 is 15.4 Å². The number of likely N-dealkylation sites (tertiary alicyclic amines) is 1. The molecule has 5 unspecified atom stereocenters. The fourth-order valence-electron chi connectivity index (χ4n) is 6.26. The molecule has 35 heavy (non-hydrogen) atoms. The van der Waals surface area contributed by atoms with Crippen LogP contribution in [0.25, 0.3) is 10.9 Å². The van der Waals surface area contributed by atoms with E-state index in [1.54, 1.807) is 12.0 Å². The Morgan fingerprint density at radius 3 is 2.91 bits per heavy atom. The van der Waals surface area contributed by atoms with E-state index in [1.807, 2.05) is 24.3 Å². The van der Waals surface area contributed by atoms with Crippen molar-refractivity contribution < 1.29 is 19.1 Å². The fraction of sp³-hybridized carbons (Fsp3) is 0.538. The van der Waals surface area contributed by atoms with E-state index >= 15 is 0 Å². The van der Waals surface area contributed by atoms with Gasteiger partial charge in [0, 0.05) is 36.0 Å². The average molecular weight is 480 g/mol. The molecule has 5 atom stereocenters. The Kier molecular flexibility index (Phi) is 6.49. The van der Waals surface area contributed by atoms with Crippen LogP contribution in [-0.2, 0) is 9.59 Å². The van der Waals surface area contributed by atoms with Crippen LogP contribution >= 0.6 is 0 Å². The molecule has 9 heteroatoms. The van der Waals surface area contributed by atoms with Gasteiger partial charge in [-0.2, -0.15) is 0 Å². The molecule has 5 rings (SSSR count). The first-order valence-corrected chi connectivity index (χ1v) is 12.5. The normalized spacial score (nSPS) is 26.4. The van der Waals surface area contributed by atoms with E-state index in [4.69, 9.17) is 4.74 Å². The monoisotopic (exact) mass is 479 g/mol. The van der Waals surface area contributed by atoms with Crippen molar-refractivity contribution in [3.05, 3.63) is 30.0 Å². The summed E-state index contributed by atoms with van der Waals surface area (Å²) in [4.78, 5) is 48.4. The van der Waals surface area contributed by atoms with Crippen molar-refractivity contribution in [2.24, 2.45) is 22.7 Å². The molecule has 3 heterocycles. The number of methoxy groups -OCH3 is 1. The first kappa shape index (κ1) is 23.4. The number of aromatic amines is 1. The molecular formula is C26H33N5O4. The Morgan fingerprint density at radius 1 is 1.31 bits per heavy atom. The highest BCUT2D eigenvalue weighted by molar-refractivity contribution is 6.02. The Bertz CT molecular complexity index is 1140. The molecule has 1 saturated carbocycles. The van der Waals surface area contributed by atoms with E-state index < -0.39 is 6.04 Å². The lowest BCUT2D eigenvalue weighted by molar-refractivity contribution is -0.127. The molecule has 0 radical (unpaired) electrons. The third kappa shape index (κ3) is 4.39. The van der Waals surface area contributed by atoms with Gasteiger partial charge in [-0.25, -0.2) is 0 Å². The smallest absolute Gasteiger partial charge is 0.271 e. The van der Waals surface area contributed by atoms with Crippen LogP contribution in [0.5, 0.6) is 5.75 Å². The molecule has 2 aromatic rings. The van der Waals surface area contributed by atoms with Gasteiger partial charge in [0.1, 0.15) is 17.5 Å². The molecule has 0 bridgehead atoms. The van der Waals surface area contributed by atoms with Crippen molar-refractivity contribution >= 4 is 35.3 Å². The Balaban J connectivity index is 1.37. The number of hydrogen-bond acceptors (Lipinski definition) is 5. The molecule has 186 valence electrons. The van der Waals surface area contributed by atoms with Gasteiger partial charge >= 0.3 is 0 Å². The molecule has 1 aromatic carbocycles. The number of amides is 3. The Labute approximate surface area is 204 Å². The van der Waals surface area contributed by atoms with Crippen molar-refractivity contribution in [1.82, 2.24) is 20.5 Å². The van der Waals surface area contributed by atoms with Crippen molar-refractivity contribution in [2.75, 3.05) is 26.7 Å². The van der Waals surface area contributed by atoms with Crippen LogP contribution in [0.2, 0.25) is 0 Å². The van der Waals surface area contributed by atoms with E-state index in [1.165, 1.54) is 0 Å². The van der Waals surface area contributed by atoms with Crippen LogP contribution in [0, 0.1) is 17.8 Å². The minimum Gasteiger partial charge on any atom is -0.496 e. The lowest BCUT2D eigenvalue weighted by atomic mass is 9.92. The van der Waals surface area contributed by atoms with E-state index in [9.17, 15) is 14.4 Å². The van der Waals surface area contributed by atoms with Crippen molar-refractivity contribution in [3.8, 4) is 5.75 Å². The molecule has 3 aliphatic rings. The molecule has 3 N–H and O–H groups in total. The predicted molar refractivity (Wildman–Crippen MR) is 133 cm³/mol. The summed E-state index contributed by atoms with van der Waals surface area (Å²) < 4.78 is 5.44. The van der Waals surface area contributed by atoms with Gasteiger partial charge in [-0.1, -0.05) is 12.5 Å². The summed E-state index contributed by atoms with van der Waals surface area (Å²) in [7, 11) is 1.61. The fourth-order valence-corrected chi connectivity index (χ4v) is 6.26. The molecule has 1 aliphatic carbocycles. The summed E-state index contributed by atoms with van der Waals surface area (Å²) in [6.45, 7) is 5.16. The SMILES string of the molecule is C=NCC(CC1CCNC1=O)NC(=O)C1C2CCCC2CN1C(=O)c1cc2c(OC)cccc2[nH]1. The zero-order valence-corrected chi connectivity index (χ0v) is 20.1. The number of ether oxygens (including phenoxy) is 1. The van der Waals surface area contributed by atoms with Gasteiger partial charge in [0.2, 0.25) is 11.8 Å². The molecule has 0 spiro atoms. The van der Waals surface area contributed by atoms with E-state index in [0.29, 0.717) is 43.4 Å². The van der Waals surface area contributed by atoms with Gasteiger partial charge in [0.15, 0.2) is 0 Å². The number of carbonyl (C=O) groups is 3. The molecule has 2 aliphatic heterocycles. The van der Waals surface area contributed by atoms with Gasteiger partial charge in [0.25, 0.3) is 5.91 Å². The van der Waals surface area contributed by atoms with Gasteiger partial charge in [-0.05, 0) is 62.4 Å². The summed E-state index contributed by atoms with van der Waals surface area (Å²) in [6, 6.07) is 6.63. The van der Waals surface area contributed by atoms with Crippen molar-refractivity contribution in [1.29, 1.82) is 0 Å². The summed E-state index contributed by atoms with van der Waals surface area (Å²) in [5.74, 6) is 0.719. The van der Waals surface area contributed by atoms with Crippen molar-refractivity contribution in [3.63, 3.8) is 0 Å². The highest BCUT2D eigenvalue weighted by Crippen LogP contribution is 2.43. The number of hydrogen-bond donors (Lipinski definition) is 3. The maximum absolute atomic E-state index is 13.7. The molecular weight excluding hydrogens is 446 g/mol. The van der Waals surface area contributed by atoms with Crippen LogP contribution in [-0.4, -0.2) is 73.2 Å². The van der Waals surface area contributed by atoms with Crippen LogP contribution in [0.3, 0.4) is 0 Å². The lowest BCUT2D eigenvalue weighted by Gasteiger charge is -2.29. The maximum Gasteiger partial charge on any atom is 0.271 e. The first-order valence-electron chi connectivity index (χ1n) is 12.5. The lowest BCUT2D eigenvalue weighted by Crippen LogP contribution is -2.52. The van der Waals surface area contributed by atoms with Crippen molar-refractivity contribution in [2.45, 2.75) is 44.2 Å². The highest BCUT2D eigenvalue weighted by Gasteiger charge is 2.50. The summed E-state index contributed by atoms with van der Waals surface area (Å²) in [6.07, 6.45) is 4.31. The highest BCUT2D eigenvalue weighted by atomic mass is 16.5. The van der Waals surface area contributed by atoms with E-state index in [-0.39, 0.29) is 35.6 Å². The third-order valence-electron chi connectivity index (χ3n) is 7.92. The van der Waals surface area contributed by atoms with Crippen LogP contribution in [0.1, 0.15) is 42.6 Å². The standard InChI is InChI=1S/C26H33N5O4/c1-27-13-17(11-15-9-10-28-24(15)32)29-25(33)23-18-6-3-5-16(18)14-31(23)26(34)21-12-19-20(30-21)7-4-8-22(19)35-2/h4,7-8,12,15-18,23,30H,1,3,5-6,9-11,13-14H2,2H3,(H,28,32)(H,29,33). The van der Waals surface area contributed by atoms with Crippen LogP contribution in [0.4, 0.5) is 0 Å². The topological polar surface area (TPSA) is 116 Å². The second-order valence-corrected chi connectivity index (χ2v) is 9.99. The van der Waals surface area contributed by atoms with Gasteiger partial charge < -0.3 is 25.3 Å². The summed E-state index contributed by atoms with van der Waals surface area (Å²) in [5, 5.41) is 6.81. The second kappa shape index (κ2) is 9.71. The quantitative estimate of drug-likeness (QED) is 0.503. The molecule has 9 nitrogen and oxygen atoms in total. The Hall–Kier alpha value is -3.36. The van der Waals surface area contributed by atoms with Crippen LogP contribution in [0.15, 0.2) is 29.3 Å². The van der Waals surface area contributed by atoms with Gasteiger partial charge in [0.05, 0.1) is 13.7 Å². The maximum atomic E-state index is 13.7. The largest absolute Gasteiger partial charge is 0.496 e. The molecule has 2 saturated heterocycles.